The lowest BCUT2D eigenvalue weighted by Crippen LogP contribution is -1.89. The molecule has 0 amide bonds. The molecule has 1 aromatic rings. The van der Waals surface area contributed by atoms with Gasteiger partial charge in [-0.3, -0.25) is 0 Å². The molecular weight excluding hydrogens is 154 g/mol. The molecule has 1 rings (SSSR count). The first kappa shape index (κ1) is 8.16. The maximum absolute atomic E-state index is 8.67. The molecule has 0 saturated heterocycles. The van der Waals surface area contributed by atoms with Crippen LogP contribution in [0.2, 0.25) is 0 Å². The van der Waals surface area contributed by atoms with Crippen molar-refractivity contribution in [1.82, 2.24) is 0 Å². The van der Waals surface area contributed by atoms with E-state index in [1.54, 1.807) is 6.07 Å². The van der Waals surface area contributed by atoms with Crippen LogP contribution in [0.3, 0.4) is 0 Å². The number of nitrogens with zero attached hydrogens (tertiary/aromatic N) is 1. The zero-order chi connectivity index (χ0) is 8.27. The fourth-order valence-corrected chi connectivity index (χ4v) is 1.09. The molecule has 0 saturated carbocycles. The monoisotopic (exact) mass is 162 g/mol. The largest absolute Gasteiger partial charge is 0.192 e. The van der Waals surface area contributed by atoms with Crippen molar-refractivity contribution < 1.29 is 0 Å². The van der Waals surface area contributed by atoms with E-state index in [0.717, 1.165) is 10.8 Å². The van der Waals surface area contributed by atoms with Crippen LogP contribution in [0.1, 0.15) is 18.1 Å². The second-order valence-corrected chi connectivity index (χ2v) is 2.91. The average Bonchev–Trinajstić information content (AvgIpc) is 2.04. The van der Waals surface area contributed by atoms with E-state index < -0.39 is 0 Å². The fraction of sp³-hybridized carbons (Fsp3) is 0.111. The Morgan fingerprint density at radius 1 is 1.45 bits per heavy atom. The van der Waals surface area contributed by atoms with Crippen LogP contribution in [-0.2, 0) is 0 Å². The highest BCUT2D eigenvalue weighted by Crippen LogP contribution is 2.20. The Hall–Kier alpha value is -0.940. The molecule has 0 aromatic heterocycles. The standard InChI is InChI=1S/C9H8NS/c1-7(11)9-5-3-2-4-8(9)6-10/h2-5,11H,1H3. The molecule has 55 valence electrons. The first-order chi connectivity index (χ1) is 5.25. The highest BCUT2D eigenvalue weighted by atomic mass is 32.1. The van der Waals surface area contributed by atoms with Gasteiger partial charge in [0.2, 0.25) is 0 Å². The van der Waals surface area contributed by atoms with E-state index in [1.165, 1.54) is 0 Å². The fourth-order valence-electron chi connectivity index (χ4n) is 0.896. The third-order valence-electron chi connectivity index (χ3n) is 1.44. The minimum absolute atomic E-state index is 0.681. The van der Waals surface area contributed by atoms with Crippen molar-refractivity contribution in [2.24, 2.45) is 0 Å². The number of nitriles is 1. The summed E-state index contributed by atoms with van der Waals surface area (Å²) in [7, 11) is 0. The predicted molar refractivity (Wildman–Crippen MR) is 48.2 cm³/mol. The van der Waals surface area contributed by atoms with Gasteiger partial charge in [0.1, 0.15) is 0 Å². The number of hydrogen-bond acceptors (Lipinski definition) is 2. The molecular formula is C9H8NS. The van der Waals surface area contributed by atoms with E-state index in [4.69, 9.17) is 5.26 Å². The van der Waals surface area contributed by atoms with Gasteiger partial charge in [0.05, 0.1) is 16.9 Å². The number of thiol groups is 1. The van der Waals surface area contributed by atoms with E-state index in [9.17, 15) is 0 Å². The van der Waals surface area contributed by atoms with Crippen molar-refractivity contribution in [3.63, 3.8) is 0 Å². The van der Waals surface area contributed by atoms with Gasteiger partial charge in [0, 0.05) is 0 Å². The lowest BCUT2D eigenvalue weighted by Gasteiger charge is -2.03. The van der Waals surface area contributed by atoms with Gasteiger partial charge in [0.25, 0.3) is 0 Å². The van der Waals surface area contributed by atoms with Gasteiger partial charge >= 0.3 is 0 Å². The Balaban J connectivity index is 3.15. The van der Waals surface area contributed by atoms with Crippen molar-refractivity contribution in [2.45, 2.75) is 6.92 Å². The summed E-state index contributed by atoms with van der Waals surface area (Å²) in [5, 5.41) is 9.55. The third-order valence-corrected chi connectivity index (χ3v) is 1.68. The first-order valence-corrected chi connectivity index (χ1v) is 3.72. The minimum Gasteiger partial charge on any atom is -0.192 e. The maximum atomic E-state index is 8.67. The molecule has 1 aromatic carbocycles. The van der Waals surface area contributed by atoms with Gasteiger partial charge in [-0.2, -0.15) is 17.9 Å². The minimum atomic E-state index is 0.681. The van der Waals surface area contributed by atoms with Crippen LogP contribution in [-0.4, -0.2) is 0 Å². The molecule has 0 bridgehead atoms. The maximum Gasteiger partial charge on any atom is 0.0995 e. The molecule has 2 heteroatoms. The highest BCUT2D eigenvalue weighted by molar-refractivity contribution is 7.83. The predicted octanol–water partition coefficient (Wildman–Crippen LogP) is 2.39. The highest BCUT2D eigenvalue weighted by Gasteiger charge is 2.04. The molecule has 0 unspecified atom stereocenters. The van der Waals surface area contributed by atoms with E-state index in [1.807, 2.05) is 25.1 Å². The van der Waals surface area contributed by atoms with E-state index >= 15 is 0 Å². The smallest absolute Gasteiger partial charge is 0.0995 e. The first-order valence-electron chi connectivity index (χ1n) is 3.27. The normalized spacial score (nSPS) is 9.64. The van der Waals surface area contributed by atoms with Gasteiger partial charge in [-0.1, -0.05) is 18.2 Å². The van der Waals surface area contributed by atoms with Crippen LogP contribution >= 0.6 is 12.6 Å². The molecule has 0 atom stereocenters. The van der Waals surface area contributed by atoms with Crippen molar-refractivity contribution >= 4 is 12.6 Å². The molecule has 0 aliphatic rings. The lowest BCUT2D eigenvalue weighted by atomic mass is 10.1. The lowest BCUT2D eigenvalue weighted by molar-refractivity contribution is 1.34. The third kappa shape index (κ3) is 1.75. The average molecular weight is 162 g/mol. The Morgan fingerprint density at radius 2 is 2.09 bits per heavy atom. The van der Waals surface area contributed by atoms with E-state index in [2.05, 4.69) is 18.7 Å². The van der Waals surface area contributed by atoms with Crippen molar-refractivity contribution in [1.29, 1.82) is 5.26 Å². The van der Waals surface area contributed by atoms with Crippen molar-refractivity contribution in [3.8, 4) is 6.07 Å². The molecule has 0 aliphatic heterocycles. The van der Waals surface area contributed by atoms with E-state index in [-0.39, 0.29) is 0 Å². The summed E-state index contributed by atoms with van der Waals surface area (Å²) >= 11 is 4.18. The van der Waals surface area contributed by atoms with Crippen LogP contribution in [0, 0.1) is 16.6 Å². The second-order valence-electron chi connectivity index (χ2n) is 2.24. The SMILES string of the molecule is C[C](S)c1ccccc1C#N. The number of rotatable bonds is 1. The molecule has 0 fully saturated rings. The quantitative estimate of drug-likeness (QED) is 0.630. The zero-order valence-corrected chi connectivity index (χ0v) is 7.10. The molecule has 0 heterocycles. The summed E-state index contributed by atoms with van der Waals surface area (Å²) in [6, 6.07) is 9.53. The van der Waals surface area contributed by atoms with E-state index in [0.29, 0.717) is 5.56 Å². The molecule has 0 aliphatic carbocycles. The van der Waals surface area contributed by atoms with Gasteiger partial charge in [-0.15, -0.1) is 0 Å². The summed E-state index contributed by atoms with van der Waals surface area (Å²) in [6.07, 6.45) is 0. The van der Waals surface area contributed by atoms with Gasteiger partial charge < -0.3 is 0 Å². The summed E-state index contributed by atoms with van der Waals surface area (Å²) in [6.45, 7) is 1.87. The van der Waals surface area contributed by atoms with Crippen LogP contribution in [0.25, 0.3) is 0 Å². The van der Waals surface area contributed by atoms with Gasteiger partial charge in [0.15, 0.2) is 0 Å². The van der Waals surface area contributed by atoms with Crippen LogP contribution in [0.4, 0.5) is 0 Å². The van der Waals surface area contributed by atoms with Gasteiger partial charge in [-0.05, 0) is 18.6 Å². The van der Waals surface area contributed by atoms with Crippen molar-refractivity contribution in [2.75, 3.05) is 0 Å². The molecule has 0 spiro atoms. The summed E-state index contributed by atoms with van der Waals surface area (Å²) < 4.78 is 0. The Morgan fingerprint density at radius 3 is 2.55 bits per heavy atom. The summed E-state index contributed by atoms with van der Waals surface area (Å²) in [5.41, 5.74) is 1.60. The van der Waals surface area contributed by atoms with Gasteiger partial charge in [-0.25, -0.2) is 0 Å². The van der Waals surface area contributed by atoms with Crippen LogP contribution in [0.15, 0.2) is 24.3 Å². The molecule has 11 heavy (non-hydrogen) atoms. The molecule has 1 nitrogen and oxygen atoms in total. The number of hydrogen-bond donors (Lipinski definition) is 1. The molecule has 1 radical (unpaired) electrons. The Labute approximate surface area is 72.1 Å². The number of benzene rings is 1. The van der Waals surface area contributed by atoms with Crippen LogP contribution in [0.5, 0.6) is 0 Å². The van der Waals surface area contributed by atoms with Crippen molar-refractivity contribution in [3.05, 3.63) is 40.6 Å². The van der Waals surface area contributed by atoms with Crippen LogP contribution < -0.4 is 0 Å². The Bertz CT molecular complexity index is 286. The zero-order valence-electron chi connectivity index (χ0n) is 6.20. The topological polar surface area (TPSA) is 23.8 Å². The summed E-state index contributed by atoms with van der Waals surface area (Å²) in [4.78, 5) is 0. The molecule has 0 N–H and O–H groups in total. The summed E-state index contributed by atoms with van der Waals surface area (Å²) in [5.74, 6) is 0. The second kappa shape index (κ2) is 3.45. The Kier molecular flexibility index (Phi) is 2.56.